The maximum Gasteiger partial charge on any atom is 0.300 e. The second kappa shape index (κ2) is 7.71. The zero-order valence-corrected chi connectivity index (χ0v) is 17.8. The first-order chi connectivity index (χ1) is 14.7. The maximum absolute atomic E-state index is 13.7. The van der Waals surface area contributed by atoms with Gasteiger partial charge in [-0.15, -0.1) is 0 Å². The van der Waals surface area contributed by atoms with E-state index in [-0.39, 0.29) is 22.0 Å². The molecule has 3 aromatic rings. The Morgan fingerprint density at radius 1 is 1.03 bits per heavy atom. The van der Waals surface area contributed by atoms with Crippen molar-refractivity contribution in [2.45, 2.75) is 26.8 Å². The molecule has 31 heavy (non-hydrogen) atoms. The Morgan fingerprint density at radius 3 is 2.39 bits per heavy atom. The van der Waals surface area contributed by atoms with Crippen molar-refractivity contribution in [3.63, 3.8) is 0 Å². The van der Waals surface area contributed by atoms with E-state index in [0.29, 0.717) is 17.1 Å². The molecule has 5 nitrogen and oxygen atoms in total. The predicted molar refractivity (Wildman–Crippen MR) is 116 cm³/mol. The number of halogens is 2. The zero-order valence-electron chi connectivity index (χ0n) is 17.1. The summed E-state index contributed by atoms with van der Waals surface area (Å²) in [5.74, 6) is -1.83. The molecular weight excluding hydrogens is 421 g/mol. The van der Waals surface area contributed by atoms with Crippen molar-refractivity contribution >= 4 is 34.7 Å². The third kappa shape index (κ3) is 3.53. The standard InChI is InChI=1S/C24H19ClFNO4/c1-12-4-6-15(10-13(12)2)22(28)20-21(19-9-5-14(3)31-19)27(24(30)23(20)29)16-7-8-18(26)17(25)11-16/h4-11,21,28H,1-3H3/b22-20-. The van der Waals surface area contributed by atoms with Crippen molar-refractivity contribution in [3.8, 4) is 0 Å². The molecule has 158 valence electrons. The van der Waals surface area contributed by atoms with Crippen molar-refractivity contribution in [1.82, 2.24) is 0 Å². The monoisotopic (exact) mass is 439 g/mol. The summed E-state index contributed by atoms with van der Waals surface area (Å²) in [6.07, 6.45) is 0. The Labute approximate surface area is 183 Å². The van der Waals surface area contributed by atoms with Crippen LogP contribution >= 0.6 is 11.6 Å². The van der Waals surface area contributed by atoms with Crippen molar-refractivity contribution in [3.05, 3.63) is 93.2 Å². The lowest BCUT2D eigenvalue weighted by Gasteiger charge is -2.23. The van der Waals surface area contributed by atoms with Crippen molar-refractivity contribution in [1.29, 1.82) is 0 Å². The first-order valence-corrected chi connectivity index (χ1v) is 9.97. The highest BCUT2D eigenvalue weighted by Gasteiger charge is 2.48. The van der Waals surface area contributed by atoms with Gasteiger partial charge in [0.25, 0.3) is 11.7 Å². The van der Waals surface area contributed by atoms with E-state index in [9.17, 15) is 19.1 Å². The van der Waals surface area contributed by atoms with Crippen LogP contribution in [0.4, 0.5) is 10.1 Å². The van der Waals surface area contributed by atoms with Gasteiger partial charge in [0.05, 0.1) is 10.6 Å². The summed E-state index contributed by atoms with van der Waals surface area (Å²) >= 11 is 5.92. The molecule has 0 bridgehead atoms. The van der Waals surface area contributed by atoms with E-state index in [4.69, 9.17) is 16.0 Å². The summed E-state index contributed by atoms with van der Waals surface area (Å²) in [5.41, 5.74) is 2.46. The normalized spacial score (nSPS) is 18.1. The number of aliphatic hydroxyl groups excluding tert-OH is 1. The van der Waals surface area contributed by atoms with Gasteiger partial charge in [0.1, 0.15) is 29.1 Å². The average molecular weight is 440 g/mol. The Kier molecular flexibility index (Phi) is 5.19. The van der Waals surface area contributed by atoms with E-state index in [1.165, 1.54) is 17.0 Å². The van der Waals surface area contributed by atoms with Gasteiger partial charge in [0, 0.05) is 11.3 Å². The number of nitrogens with zero attached hydrogens (tertiary/aromatic N) is 1. The fourth-order valence-corrected chi connectivity index (χ4v) is 3.82. The molecule has 1 unspecified atom stereocenters. The first-order valence-electron chi connectivity index (χ1n) is 9.59. The number of aliphatic hydroxyl groups is 1. The molecule has 1 aromatic heterocycles. The Morgan fingerprint density at radius 2 is 1.77 bits per heavy atom. The molecule has 0 spiro atoms. The van der Waals surface area contributed by atoms with Crippen molar-refractivity contribution in [2.24, 2.45) is 0 Å². The molecule has 2 aromatic carbocycles. The Bertz CT molecular complexity index is 1260. The molecule has 1 aliphatic rings. The number of aryl methyl sites for hydroxylation is 3. The summed E-state index contributed by atoms with van der Waals surface area (Å²) in [7, 11) is 0. The fourth-order valence-electron chi connectivity index (χ4n) is 3.65. The lowest BCUT2D eigenvalue weighted by atomic mass is 9.97. The van der Waals surface area contributed by atoms with Gasteiger partial charge in [-0.1, -0.05) is 23.7 Å². The number of hydrogen-bond acceptors (Lipinski definition) is 4. The van der Waals surface area contributed by atoms with E-state index >= 15 is 0 Å². The van der Waals surface area contributed by atoms with Gasteiger partial charge in [0.15, 0.2) is 0 Å². The predicted octanol–water partition coefficient (Wildman–Crippen LogP) is 5.62. The van der Waals surface area contributed by atoms with E-state index in [1.807, 2.05) is 19.9 Å². The number of anilines is 1. The second-order valence-electron chi connectivity index (χ2n) is 7.51. The minimum Gasteiger partial charge on any atom is -0.507 e. The topological polar surface area (TPSA) is 70.8 Å². The molecular formula is C24H19ClFNO4. The van der Waals surface area contributed by atoms with Gasteiger partial charge in [0.2, 0.25) is 0 Å². The third-order valence-electron chi connectivity index (χ3n) is 5.44. The highest BCUT2D eigenvalue weighted by atomic mass is 35.5. The van der Waals surface area contributed by atoms with Crippen LogP contribution in [0.25, 0.3) is 5.76 Å². The molecule has 2 heterocycles. The van der Waals surface area contributed by atoms with Crippen molar-refractivity contribution < 1.29 is 23.5 Å². The summed E-state index contributed by atoms with van der Waals surface area (Å²) in [4.78, 5) is 27.2. The van der Waals surface area contributed by atoms with Crippen LogP contribution in [0.3, 0.4) is 0 Å². The number of amides is 1. The van der Waals surface area contributed by atoms with Gasteiger partial charge in [-0.25, -0.2) is 4.39 Å². The molecule has 1 aliphatic heterocycles. The van der Waals surface area contributed by atoms with Crippen LogP contribution in [0.1, 0.15) is 34.3 Å². The van der Waals surface area contributed by atoms with E-state index in [0.717, 1.165) is 17.2 Å². The van der Waals surface area contributed by atoms with Crippen LogP contribution in [-0.4, -0.2) is 16.8 Å². The highest BCUT2D eigenvalue weighted by molar-refractivity contribution is 6.51. The summed E-state index contributed by atoms with van der Waals surface area (Å²) in [6, 6.07) is 11.3. The van der Waals surface area contributed by atoms with Crippen LogP contribution < -0.4 is 4.90 Å². The Hall–Kier alpha value is -3.38. The number of carbonyl (C=O) groups excluding carboxylic acids is 2. The summed E-state index contributed by atoms with van der Waals surface area (Å²) < 4.78 is 19.4. The average Bonchev–Trinajstić information content (AvgIpc) is 3.27. The number of rotatable bonds is 3. The molecule has 1 saturated heterocycles. The lowest BCUT2D eigenvalue weighted by molar-refractivity contribution is -0.132. The van der Waals surface area contributed by atoms with Crippen molar-refractivity contribution in [2.75, 3.05) is 4.90 Å². The minimum absolute atomic E-state index is 0.108. The molecule has 0 saturated carbocycles. The number of Topliss-reactive ketones (excluding diaryl/α,β-unsaturated/α-hetero) is 1. The van der Waals surface area contributed by atoms with Gasteiger partial charge in [-0.2, -0.15) is 0 Å². The van der Waals surface area contributed by atoms with Gasteiger partial charge in [-0.05, 0) is 68.3 Å². The fraction of sp³-hybridized carbons (Fsp3) is 0.167. The zero-order chi connectivity index (χ0) is 22.4. The third-order valence-corrected chi connectivity index (χ3v) is 5.73. The molecule has 0 aliphatic carbocycles. The molecule has 1 N–H and O–H groups in total. The van der Waals surface area contributed by atoms with Gasteiger partial charge in [-0.3, -0.25) is 14.5 Å². The van der Waals surface area contributed by atoms with E-state index in [2.05, 4.69) is 0 Å². The first kappa shape index (κ1) is 20.9. The number of ketones is 1. The molecule has 4 rings (SSSR count). The summed E-state index contributed by atoms with van der Waals surface area (Å²) in [5, 5.41) is 10.9. The minimum atomic E-state index is -1.03. The molecule has 1 amide bonds. The smallest absolute Gasteiger partial charge is 0.300 e. The lowest BCUT2D eigenvalue weighted by Crippen LogP contribution is -2.29. The van der Waals surface area contributed by atoms with E-state index in [1.54, 1.807) is 31.2 Å². The number of hydrogen-bond donors (Lipinski definition) is 1. The number of carbonyl (C=O) groups is 2. The van der Waals surface area contributed by atoms with Crippen LogP contribution in [-0.2, 0) is 9.59 Å². The number of furan rings is 1. The summed E-state index contributed by atoms with van der Waals surface area (Å²) in [6.45, 7) is 5.55. The quantitative estimate of drug-likeness (QED) is 0.326. The molecule has 0 radical (unpaired) electrons. The van der Waals surface area contributed by atoms with Gasteiger partial charge >= 0.3 is 0 Å². The van der Waals surface area contributed by atoms with Crippen LogP contribution in [0.15, 0.2) is 58.5 Å². The Balaban J connectivity index is 1.95. The van der Waals surface area contributed by atoms with Crippen LogP contribution in [0, 0.1) is 26.6 Å². The number of benzene rings is 2. The SMILES string of the molecule is Cc1ccc(C2/C(=C(/O)c3ccc(C)c(C)c3)C(=O)C(=O)N2c2ccc(F)c(Cl)c2)o1. The van der Waals surface area contributed by atoms with E-state index < -0.39 is 23.5 Å². The van der Waals surface area contributed by atoms with Crippen LogP contribution in [0.2, 0.25) is 5.02 Å². The van der Waals surface area contributed by atoms with Crippen LogP contribution in [0.5, 0.6) is 0 Å². The largest absolute Gasteiger partial charge is 0.507 e. The molecule has 1 atom stereocenters. The maximum atomic E-state index is 13.7. The second-order valence-corrected chi connectivity index (χ2v) is 7.92. The molecule has 1 fully saturated rings. The highest BCUT2D eigenvalue weighted by Crippen LogP contribution is 2.43. The van der Waals surface area contributed by atoms with Gasteiger partial charge < -0.3 is 9.52 Å². The molecule has 7 heteroatoms.